The highest BCUT2D eigenvalue weighted by Crippen LogP contribution is 2.17. The first-order valence-electron chi connectivity index (χ1n) is 5.54. The van der Waals surface area contributed by atoms with Crippen LogP contribution in [0.2, 0.25) is 0 Å². The maximum Gasteiger partial charge on any atom is 0.323 e. The molecule has 0 saturated carbocycles. The molecule has 19 heavy (non-hydrogen) atoms. The Balaban J connectivity index is 1.75. The van der Waals surface area contributed by atoms with Crippen LogP contribution in [-0.4, -0.2) is 22.1 Å². The molecule has 0 fully saturated rings. The molecular formula is C12H12F2N2O2S. The van der Waals surface area contributed by atoms with Crippen LogP contribution in [0.5, 0.6) is 5.75 Å². The predicted molar refractivity (Wildman–Crippen MR) is 69.5 cm³/mol. The smallest absolute Gasteiger partial charge is 0.323 e. The Labute approximate surface area is 112 Å². The Bertz CT molecular complexity index is 585. The van der Waals surface area contributed by atoms with Gasteiger partial charge in [0.05, 0.1) is 5.75 Å². The largest absolute Gasteiger partial charge is 0.459 e. The van der Waals surface area contributed by atoms with Gasteiger partial charge in [0.2, 0.25) is 6.36 Å². The summed E-state index contributed by atoms with van der Waals surface area (Å²) in [6, 6.07) is 5.33. The minimum Gasteiger partial charge on any atom is -0.459 e. The van der Waals surface area contributed by atoms with Gasteiger partial charge in [-0.25, -0.2) is 13.6 Å². The van der Waals surface area contributed by atoms with E-state index in [1.54, 1.807) is 0 Å². The number of halogens is 2. The first-order valence-corrected chi connectivity index (χ1v) is 6.69. The van der Waals surface area contributed by atoms with Crippen molar-refractivity contribution in [1.29, 1.82) is 0 Å². The molecule has 2 rings (SSSR count). The normalized spacial score (nSPS) is 12.3. The highest BCUT2D eigenvalue weighted by atomic mass is 32.2. The van der Waals surface area contributed by atoms with Crippen LogP contribution in [0.15, 0.2) is 35.3 Å². The molecule has 0 amide bonds. The molecule has 0 saturated heterocycles. The number of rotatable bonds is 6. The highest BCUT2D eigenvalue weighted by molar-refractivity contribution is 7.98. The zero-order chi connectivity index (χ0) is 13.7. The van der Waals surface area contributed by atoms with E-state index in [0.717, 1.165) is 6.07 Å². The third-order valence-corrected chi connectivity index (χ3v) is 3.23. The highest BCUT2D eigenvalue weighted by Gasteiger charge is 2.09. The van der Waals surface area contributed by atoms with Crippen LogP contribution in [0.25, 0.3) is 0 Å². The van der Waals surface area contributed by atoms with E-state index in [1.807, 2.05) is 0 Å². The van der Waals surface area contributed by atoms with Crippen molar-refractivity contribution in [2.24, 2.45) is 0 Å². The molecule has 1 atom stereocenters. The second kappa shape index (κ2) is 6.42. The Hall–Kier alpha value is -1.76. The Kier molecular flexibility index (Phi) is 4.62. The summed E-state index contributed by atoms with van der Waals surface area (Å²) in [4.78, 5) is 15.8. The summed E-state index contributed by atoms with van der Waals surface area (Å²) in [5.41, 5.74) is 0.399. The molecule has 0 aliphatic heterocycles. The minimum absolute atomic E-state index is 0.0870. The summed E-state index contributed by atoms with van der Waals surface area (Å²) in [5.74, 6) is 0.237. The number of nitrogens with one attached hydrogen (secondary N) is 2. The second-order valence-electron chi connectivity index (χ2n) is 3.77. The zero-order valence-electron chi connectivity index (χ0n) is 9.86. The average molecular weight is 286 g/mol. The van der Waals surface area contributed by atoms with Gasteiger partial charge in [0.25, 0.3) is 0 Å². The van der Waals surface area contributed by atoms with Gasteiger partial charge >= 0.3 is 5.69 Å². The molecule has 1 aromatic heterocycles. The first-order chi connectivity index (χ1) is 9.13. The molecule has 0 aliphatic rings. The van der Waals surface area contributed by atoms with E-state index in [9.17, 15) is 13.6 Å². The number of alkyl halides is 1. The van der Waals surface area contributed by atoms with Gasteiger partial charge in [0, 0.05) is 23.7 Å². The van der Waals surface area contributed by atoms with E-state index in [-0.39, 0.29) is 17.2 Å². The van der Waals surface area contributed by atoms with Gasteiger partial charge in [-0.1, -0.05) is 6.07 Å². The van der Waals surface area contributed by atoms with Crippen molar-refractivity contribution in [3.63, 3.8) is 0 Å². The molecule has 1 unspecified atom stereocenters. The van der Waals surface area contributed by atoms with Crippen molar-refractivity contribution < 1.29 is 13.5 Å². The lowest BCUT2D eigenvalue weighted by molar-refractivity contribution is 0.0902. The topological polar surface area (TPSA) is 57.9 Å². The molecule has 1 aromatic carbocycles. The van der Waals surface area contributed by atoms with Gasteiger partial charge in [-0.05, 0) is 12.1 Å². The zero-order valence-corrected chi connectivity index (χ0v) is 10.7. The predicted octanol–water partition coefficient (Wildman–Crippen LogP) is 2.45. The van der Waals surface area contributed by atoms with E-state index in [2.05, 4.69) is 9.97 Å². The van der Waals surface area contributed by atoms with Gasteiger partial charge in [0.1, 0.15) is 11.6 Å². The molecular weight excluding hydrogens is 274 g/mol. The van der Waals surface area contributed by atoms with Crippen molar-refractivity contribution in [2.75, 3.05) is 5.75 Å². The van der Waals surface area contributed by atoms with E-state index >= 15 is 0 Å². The third kappa shape index (κ3) is 4.44. The quantitative estimate of drug-likeness (QED) is 0.857. The number of hydrogen-bond donors (Lipinski definition) is 2. The monoisotopic (exact) mass is 286 g/mol. The van der Waals surface area contributed by atoms with Crippen LogP contribution in [0.4, 0.5) is 8.78 Å². The maximum absolute atomic E-state index is 13.5. The van der Waals surface area contributed by atoms with Crippen LogP contribution in [0.3, 0.4) is 0 Å². The van der Waals surface area contributed by atoms with Crippen LogP contribution in [-0.2, 0) is 5.75 Å². The Morgan fingerprint density at radius 2 is 2.26 bits per heavy atom. The van der Waals surface area contributed by atoms with Crippen LogP contribution in [0, 0.1) is 5.82 Å². The molecule has 102 valence electrons. The lowest BCUT2D eigenvalue weighted by Crippen LogP contribution is -2.13. The lowest BCUT2D eigenvalue weighted by Gasteiger charge is -2.10. The molecule has 2 aromatic rings. The molecule has 7 heteroatoms. The SMILES string of the molecule is O=c1[nH]cc(CSCC(F)Oc2cccc(F)c2)[nH]1. The standard InChI is InChI=1S/C12H12F2N2O2S/c13-8-2-1-3-10(4-8)18-11(14)7-19-6-9-5-15-12(17)16-9/h1-5,11H,6-7H2,(H2,15,16,17). The fraction of sp³-hybridized carbons (Fsp3) is 0.250. The van der Waals surface area contributed by atoms with Crippen molar-refractivity contribution in [3.8, 4) is 5.75 Å². The molecule has 0 bridgehead atoms. The number of hydrogen-bond acceptors (Lipinski definition) is 3. The minimum atomic E-state index is -1.53. The van der Waals surface area contributed by atoms with Crippen LogP contribution in [0.1, 0.15) is 5.69 Å². The fourth-order valence-corrected chi connectivity index (χ4v) is 2.18. The Morgan fingerprint density at radius 3 is 2.95 bits per heavy atom. The van der Waals surface area contributed by atoms with Crippen LogP contribution < -0.4 is 10.4 Å². The van der Waals surface area contributed by atoms with E-state index < -0.39 is 12.2 Å². The number of H-pyrrole nitrogens is 2. The number of aromatic amines is 2. The van der Waals surface area contributed by atoms with Gasteiger partial charge in [-0.3, -0.25) is 0 Å². The number of aromatic nitrogens is 2. The molecule has 0 radical (unpaired) electrons. The molecule has 0 spiro atoms. The van der Waals surface area contributed by atoms with E-state index in [0.29, 0.717) is 11.4 Å². The second-order valence-corrected chi connectivity index (χ2v) is 4.80. The van der Waals surface area contributed by atoms with Crippen molar-refractivity contribution in [1.82, 2.24) is 9.97 Å². The van der Waals surface area contributed by atoms with Crippen molar-refractivity contribution >= 4 is 11.8 Å². The van der Waals surface area contributed by atoms with Gasteiger partial charge in [-0.2, -0.15) is 0 Å². The molecule has 2 N–H and O–H groups in total. The first kappa shape index (κ1) is 13.7. The third-order valence-electron chi connectivity index (χ3n) is 2.22. The number of ether oxygens (including phenoxy) is 1. The number of benzene rings is 1. The molecule has 0 aliphatic carbocycles. The summed E-state index contributed by atoms with van der Waals surface area (Å²) < 4.78 is 31.3. The maximum atomic E-state index is 13.5. The van der Waals surface area contributed by atoms with Gasteiger partial charge in [0.15, 0.2) is 0 Å². The number of thioether (sulfide) groups is 1. The van der Waals surface area contributed by atoms with Crippen molar-refractivity contribution in [3.05, 3.63) is 52.5 Å². The van der Waals surface area contributed by atoms with Gasteiger partial charge < -0.3 is 14.7 Å². The van der Waals surface area contributed by atoms with E-state index in [4.69, 9.17) is 4.74 Å². The summed E-state index contributed by atoms with van der Waals surface area (Å²) >= 11 is 1.27. The summed E-state index contributed by atoms with van der Waals surface area (Å²) in [7, 11) is 0. The van der Waals surface area contributed by atoms with E-state index in [1.165, 1.54) is 36.2 Å². The summed E-state index contributed by atoms with van der Waals surface area (Å²) in [6.07, 6.45) is 0.00757. The average Bonchev–Trinajstić information content (AvgIpc) is 2.75. The lowest BCUT2D eigenvalue weighted by atomic mass is 10.3. The fourth-order valence-electron chi connectivity index (χ4n) is 1.43. The van der Waals surface area contributed by atoms with Crippen molar-refractivity contribution in [2.45, 2.75) is 12.1 Å². The van der Waals surface area contributed by atoms with Crippen LogP contribution >= 0.6 is 11.8 Å². The molecule has 1 heterocycles. The summed E-state index contributed by atoms with van der Waals surface area (Å²) in [6.45, 7) is 0. The Morgan fingerprint density at radius 1 is 1.42 bits per heavy atom. The molecule has 4 nitrogen and oxygen atoms in total. The summed E-state index contributed by atoms with van der Waals surface area (Å²) in [5, 5.41) is 0. The number of imidazole rings is 1. The van der Waals surface area contributed by atoms with Gasteiger partial charge in [-0.15, -0.1) is 11.8 Å².